The van der Waals surface area contributed by atoms with Gasteiger partial charge in [0.15, 0.2) is 5.69 Å². The van der Waals surface area contributed by atoms with Crippen LogP contribution in [0.2, 0.25) is 0 Å². The molecule has 2 aliphatic heterocycles. The maximum atomic E-state index is 14.1. The molecule has 1 amide bonds. The first-order valence-corrected chi connectivity index (χ1v) is 16.7. The molecule has 6 rings (SSSR count). The first-order chi connectivity index (χ1) is 20.8. The highest BCUT2D eigenvalue weighted by atomic mass is 32.2. The number of nitrogens with one attached hydrogen (secondary N) is 3. The number of sulfonamides is 1. The molecular weight excluding hydrogens is 560 g/mol. The van der Waals surface area contributed by atoms with Gasteiger partial charge in [0.1, 0.15) is 12.6 Å². The van der Waals surface area contributed by atoms with E-state index < -0.39 is 26.0 Å². The van der Waals surface area contributed by atoms with Gasteiger partial charge in [-0.05, 0) is 53.9 Å². The lowest BCUT2D eigenvalue weighted by molar-refractivity contribution is -0.127. The third kappa shape index (κ3) is 5.96. The highest BCUT2D eigenvalue weighted by Gasteiger charge is 2.60. The second-order valence-electron chi connectivity index (χ2n) is 11.8. The molecule has 4 aromatic rings. The zero-order chi connectivity index (χ0) is 29.9. The summed E-state index contributed by atoms with van der Waals surface area (Å²) in [7, 11) is -3.82. The molecule has 0 aromatic heterocycles. The Morgan fingerprint density at radius 2 is 1.60 bits per heavy atom. The number of para-hydroxylation sites is 1. The van der Waals surface area contributed by atoms with E-state index in [9.17, 15) is 13.2 Å². The van der Waals surface area contributed by atoms with E-state index in [1.807, 2.05) is 72.8 Å². The maximum Gasteiger partial charge on any atom is 0.321 e. The van der Waals surface area contributed by atoms with E-state index in [4.69, 9.17) is 4.74 Å². The Morgan fingerprint density at radius 1 is 0.907 bits per heavy atom. The summed E-state index contributed by atoms with van der Waals surface area (Å²) >= 11 is 0. The van der Waals surface area contributed by atoms with Crippen molar-refractivity contribution in [2.75, 3.05) is 32.5 Å². The molecule has 0 bridgehead atoms. The Hall–Kier alpha value is -3.60. The Labute approximate surface area is 253 Å². The van der Waals surface area contributed by atoms with Crippen molar-refractivity contribution < 1.29 is 17.9 Å². The summed E-state index contributed by atoms with van der Waals surface area (Å²) in [5.41, 5.74) is 6.33. The third-order valence-corrected chi connectivity index (χ3v) is 10.4. The molecule has 9 heteroatoms. The topological polar surface area (TPSA) is 96.5 Å². The average Bonchev–Trinajstić information content (AvgIpc) is 3.29. The van der Waals surface area contributed by atoms with Crippen LogP contribution in [0.25, 0.3) is 10.8 Å². The van der Waals surface area contributed by atoms with Crippen molar-refractivity contribution in [3.63, 3.8) is 0 Å². The van der Waals surface area contributed by atoms with Crippen LogP contribution in [0.4, 0.5) is 5.69 Å². The highest BCUT2D eigenvalue weighted by Crippen LogP contribution is 2.50. The first kappa shape index (κ1) is 29.5. The van der Waals surface area contributed by atoms with Gasteiger partial charge in [0, 0.05) is 18.2 Å². The lowest BCUT2D eigenvalue weighted by Crippen LogP contribution is -2.68. The van der Waals surface area contributed by atoms with Crippen molar-refractivity contribution in [1.82, 2.24) is 20.1 Å². The van der Waals surface area contributed by atoms with Crippen LogP contribution in [0.1, 0.15) is 29.5 Å². The van der Waals surface area contributed by atoms with Gasteiger partial charge >= 0.3 is 10.0 Å². The fourth-order valence-corrected chi connectivity index (χ4v) is 7.84. The Kier molecular flexibility index (Phi) is 8.35. The molecule has 4 aromatic carbocycles. The second-order valence-corrected chi connectivity index (χ2v) is 13.9. The maximum absolute atomic E-state index is 14.1. The summed E-state index contributed by atoms with van der Waals surface area (Å²) < 4.78 is 32.9. The Bertz CT molecular complexity index is 1710. The van der Waals surface area contributed by atoms with Crippen molar-refractivity contribution in [2.45, 2.75) is 37.5 Å². The van der Waals surface area contributed by atoms with Crippen molar-refractivity contribution in [1.29, 1.82) is 0 Å². The van der Waals surface area contributed by atoms with E-state index in [1.54, 1.807) is 0 Å². The fraction of sp³-hybridized carbons (Fsp3) is 0.324. The minimum atomic E-state index is -3.82. The fourth-order valence-electron chi connectivity index (χ4n) is 6.59. The van der Waals surface area contributed by atoms with Crippen LogP contribution in [0.15, 0.2) is 97.1 Å². The first-order valence-electron chi connectivity index (χ1n) is 14.8. The smallest absolute Gasteiger partial charge is 0.321 e. The van der Waals surface area contributed by atoms with E-state index >= 15 is 0 Å². The largest absolute Gasteiger partial charge is 0.375 e. The van der Waals surface area contributed by atoms with Gasteiger partial charge in [0.2, 0.25) is 0 Å². The monoisotopic (exact) mass is 599 g/mol. The molecular formula is C34H39N4O4S+. The second kappa shape index (κ2) is 12.2. The predicted octanol–water partition coefficient (Wildman–Crippen LogP) is 4.15. The average molecular weight is 600 g/mol. The number of hydrogen-bond acceptors (Lipinski definition) is 6. The van der Waals surface area contributed by atoms with Gasteiger partial charge in [-0.2, -0.15) is 13.8 Å². The summed E-state index contributed by atoms with van der Waals surface area (Å²) in [6.45, 7) is 2.70. The Balaban J connectivity index is 1.26. The Morgan fingerprint density at radius 3 is 2.37 bits per heavy atom. The van der Waals surface area contributed by atoms with Crippen LogP contribution in [-0.4, -0.2) is 52.9 Å². The summed E-state index contributed by atoms with van der Waals surface area (Å²) in [5, 5.41) is 9.01. The molecule has 0 radical (unpaired) electrons. The summed E-state index contributed by atoms with van der Waals surface area (Å²) in [5.74, 6) is -0.416. The third-order valence-electron chi connectivity index (χ3n) is 8.89. The van der Waals surface area contributed by atoms with Crippen LogP contribution in [0, 0.1) is 0 Å². The molecule has 8 nitrogen and oxygen atoms in total. The number of carbonyl (C=O) groups is 1. The van der Waals surface area contributed by atoms with Gasteiger partial charge < -0.3 is 10.1 Å². The molecule has 0 saturated carbocycles. The normalized spacial score (nSPS) is 20.1. The zero-order valence-electron chi connectivity index (χ0n) is 24.5. The number of hydrogen-bond donors (Lipinski definition) is 3. The van der Waals surface area contributed by atoms with Crippen LogP contribution in [-0.2, 0) is 38.1 Å². The van der Waals surface area contributed by atoms with Crippen molar-refractivity contribution >= 4 is 32.4 Å². The molecule has 43 heavy (non-hydrogen) atoms. The van der Waals surface area contributed by atoms with Gasteiger partial charge in [-0.25, -0.2) is 0 Å². The number of quaternary nitrogens is 1. The molecule has 1 saturated heterocycles. The van der Waals surface area contributed by atoms with Crippen LogP contribution in [0.3, 0.4) is 0 Å². The van der Waals surface area contributed by atoms with Crippen molar-refractivity contribution in [3.8, 4) is 0 Å². The number of fused-ring (bicyclic) bond motifs is 3. The van der Waals surface area contributed by atoms with Gasteiger partial charge in [0.25, 0.3) is 5.91 Å². The zero-order valence-corrected chi connectivity index (χ0v) is 25.3. The number of ether oxygens (including phenoxy) is 1. The lowest BCUT2D eigenvalue weighted by Gasteiger charge is -2.36. The van der Waals surface area contributed by atoms with E-state index in [0.717, 1.165) is 53.4 Å². The van der Waals surface area contributed by atoms with Gasteiger partial charge in [0.05, 0.1) is 24.9 Å². The number of nitrogens with zero attached hydrogens (tertiary/aromatic N) is 1. The molecule has 2 heterocycles. The number of benzene rings is 4. The molecule has 1 fully saturated rings. The summed E-state index contributed by atoms with van der Waals surface area (Å²) in [4.78, 5) is 14.1. The molecule has 2 atom stereocenters. The molecule has 2 unspecified atom stereocenters. The van der Waals surface area contributed by atoms with Crippen LogP contribution in [0.5, 0.6) is 0 Å². The van der Waals surface area contributed by atoms with E-state index in [1.165, 1.54) is 6.26 Å². The van der Waals surface area contributed by atoms with E-state index in [2.05, 4.69) is 40.3 Å². The number of carbonyl (C=O) groups excluding carboxylic acids is 1. The van der Waals surface area contributed by atoms with Crippen molar-refractivity contribution in [2.24, 2.45) is 0 Å². The molecule has 2 aliphatic rings. The number of piperidine rings is 1. The lowest BCUT2D eigenvalue weighted by atomic mass is 9.75. The molecule has 224 valence electrons. The number of rotatable bonds is 10. The molecule has 0 aliphatic carbocycles. The number of amides is 1. The molecule has 1 spiro atoms. The molecule has 3 N–H and O–H groups in total. The van der Waals surface area contributed by atoms with Crippen LogP contribution < -0.4 is 20.1 Å². The SMILES string of the molecule is CS(=O)(=O)[N+]1(NC(=O)C(COCc2ccc3ccccc3c2)NCc2ccccc2)CC2(CCNCC2)c2ccccc21. The standard InChI is InChI=1S/C34H38N4O4S/c1-43(40,41)38(25-34(17-19-35-20-18-34)30-13-7-8-14-32(30)38)37-33(39)31(36-22-26-9-3-2-4-10-26)24-42-23-27-15-16-28-11-5-6-12-29(28)21-27/h2-16,21,31,35-36H,17-20,22-25H2,1H3/p+1. The van der Waals surface area contributed by atoms with Gasteiger partial charge in [-0.15, -0.1) is 0 Å². The summed E-state index contributed by atoms with van der Waals surface area (Å²) in [6, 6.07) is 31.0. The van der Waals surface area contributed by atoms with E-state index in [-0.39, 0.29) is 18.6 Å². The minimum absolute atomic E-state index is 0.0754. The summed E-state index contributed by atoms with van der Waals surface area (Å²) in [6.07, 6.45) is 2.83. The minimum Gasteiger partial charge on any atom is -0.375 e. The van der Waals surface area contributed by atoms with E-state index in [0.29, 0.717) is 18.8 Å². The van der Waals surface area contributed by atoms with Crippen molar-refractivity contribution in [3.05, 3.63) is 114 Å². The quantitative estimate of drug-likeness (QED) is 0.237. The predicted molar refractivity (Wildman–Crippen MR) is 171 cm³/mol. The van der Waals surface area contributed by atoms with Gasteiger partial charge in [-0.1, -0.05) is 88.9 Å². The highest BCUT2D eigenvalue weighted by molar-refractivity contribution is 7.90. The van der Waals surface area contributed by atoms with Crippen LogP contribution >= 0.6 is 0 Å². The van der Waals surface area contributed by atoms with Gasteiger partial charge in [-0.3, -0.25) is 10.1 Å².